The fraction of sp³-hybridized carbons (Fsp3) is 0.438. The lowest BCUT2D eigenvalue weighted by molar-refractivity contribution is -0.119. The summed E-state index contributed by atoms with van der Waals surface area (Å²) < 4.78 is 5.25. The number of anilines is 2. The van der Waals surface area contributed by atoms with E-state index in [0.29, 0.717) is 19.6 Å². The summed E-state index contributed by atoms with van der Waals surface area (Å²) in [4.78, 5) is 26.3. The van der Waals surface area contributed by atoms with Gasteiger partial charge in [0.2, 0.25) is 5.91 Å². The monoisotopic (exact) mass is 333 g/mol. The van der Waals surface area contributed by atoms with E-state index in [1.807, 2.05) is 36.2 Å². The van der Waals surface area contributed by atoms with Gasteiger partial charge in [0, 0.05) is 31.4 Å². The van der Waals surface area contributed by atoms with Crippen LogP contribution in [0, 0.1) is 5.41 Å². The highest BCUT2D eigenvalue weighted by atomic mass is 16.6. The lowest BCUT2D eigenvalue weighted by Gasteiger charge is -2.20. The van der Waals surface area contributed by atoms with Crippen LogP contribution in [-0.4, -0.2) is 57.7 Å². The summed E-state index contributed by atoms with van der Waals surface area (Å²) in [6, 6.07) is 7.38. The van der Waals surface area contributed by atoms with Crippen LogP contribution in [0.4, 0.5) is 16.2 Å². The van der Waals surface area contributed by atoms with Crippen LogP contribution >= 0.6 is 0 Å². The molecular weight excluding hydrogens is 310 g/mol. The predicted molar refractivity (Wildman–Crippen MR) is 92.8 cm³/mol. The van der Waals surface area contributed by atoms with Gasteiger partial charge >= 0.3 is 6.09 Å². The molecule has 8 nitrogen and oxygen atoms in total. The van der Waals surface area contributed by atoms with Crippen LogP contribution in [0.3, 0.4) is 0 Å². The van der Waals surface area contributed by atoms with Crippen LogP contribution in [0.25, 0.3) is 0 Å². The molecule has 0 aliphatic carbocycles. The Morgan fingerprint density at radius 3 is 2.75 bits per heavy atom. The van der Waals surface area contributed by atoms with Gasteiger partial charge in [0.15, 0.2) is 0 Å². The van der Waals surface area contributed by atoms with Crippen molar-refractivity contribution in [1.82, 2.24) is 10.6 Å². The maximum atomic E-state index is 12.0. The number of cyclic esters (lactones) is 1. The molecular formula is C16H23N5O3. The molecule has 130 valence electrons. The molecule has 2 rings (SSSR count). The number of carbonyl (C=O) groups excluding carboxylic acids is 2. The number of hydrogen-bond donors (Lipinski definition) is 3. The first-order valence-corrected chi connectivity index (χ1v) is 7.79. The Morgan fingerprint density at radius 1 is 1.46 bits per heavy atom. The normalized spacial score (nSPS) is 16.7. The Hall–Kier alpha value is -2.61. The first-order valence-electron chi connectivity index (χ1n) is 7.79. The first-order chi connectivity index (χ1) is 11.5. The second-order valence-electron chi connectivity index (χ2n) is 5.50. The van der Waals surface area contributed by atoms with E-state index >= 15 is 0 Å². The molecule has 1 aromatic carbocycles. The first kappa shape index (κ1) is 17.7. The van der Waals surface area contributed by atoms with E-state index in [0.717, 1.165) is 17.9 Å². The SMILES string of the molecule is CNCCN(C=N)c1ccc(N2CC(CNC(C)=O)OC2=O)cc1. The van der Waals surface area contributed by atoms with Crippen LogP contribution in [-0.2, 0) is 9.53 Å². The molecule has 1 aromatic rings. The van der Waals surface area contributed by atoms with Gasteiger partial charge in [-0.25, -0.2) is 4.79 Å². The Kier molecular flexibility index (Phi) is 6.14. The second-order valence-corrected chi connectivity index (χ2v) is 5.50. The molecule has 0 saturated carbocycles. The van der Waals surface area contributed by atoms with Crippen LogP contribution in [0.1, 0.15) is 6.92 Å². The molecule has 1 unspecified atom stereocenters. The summed E-state index contributed by atoms with van der Waals surface area (Å²) in [5, 5.41) is 13.2. The zero-order valence-electron chi connectivity index (χ0n) is 13.9. The van der Waals surface area contributed by atoms with Gasteiger partial charge in [0.25, 0.3) is 0 Å². The minimum atomic E-state index is -0.419. The Bertz CT molecular complexity index is 590. The fourth-order valence-corrected chi connectivity index (χ4v) is 2.42. The average molecular weight is 333 g/mol. The predicted octanol–water partition coefficient (Wildman–Crippen LogP) is 0.781. The van der Waals surface area contributed by atoms with E-state index in [2.05, 4.69) is 10.6 Å². The number of hydrogen-bond acceptors (Lipinski definition) is 5. The van der Waals surface area contributed by atoms with Gasteiger partial charge in [0.05, 0.1) is 19.4 Å². The van der Waals surface area contributed by atoms with Crippen molar-refractivity contribution in [2.75, 3.05) is 43.0 Å². The van der Waals surface area contributed by atoms with Crippen molar-refractivity contribution in [2.24, 2.45) is 0 Å². The number of amides is 2. The maximum absolute atomic E-state index is 12.0. The maximum Gasteiger partial charge on any atom is 0.414 e. The highest BCUT2D eigenvalue weighted by molar-refractivity contribution is 5.90. The number of ether oxygens (including phenoxy) is 1. The number of nitrogens with zero attached hydrogens (tertiary/aromatic N) is 2. The van der Waals surface area contributed by atoms with Crippen molar-refractivity contribution in [1.29, 1.82) is 5.41 Å². The molecule has 1 saturated heterocycles. The number of carbonyl (C=O) groups is 2. The molecule has 0 radical (unpaired) electrons. The fourth-order valence-electron chi connectivity index (χ4n) is 2.42. The van der Waals surface area contributed by atoms with Crippen LogP contribution < -0.4 is 20.4 Å². The minimum absolute atomic E-state index is 0.151. The third-order valence-electron chi connectivity index (χ3n) is 3.70. The van der Waals surface area contributed by atoms with Crippen molar-refractivity contribution in [3.8, 4) is 0 Å². The topological polar surface area (TPSA) is 97.8 Å². The van der Waals surface area contributed by atoms with Gasteiger partial charge in [-0.15, -0.1) is 0 Å². The summed E-state index contributed by atoms with van der Waals surface area (Å²) in [5.74, 6) is -0.151. The third-order valence-corrected chi connectivity index (χ3v) is 3.70. The summed E-state index contributed by atoms with van der Waals surface area (Å²) >= 11 is 0. The summed E-state index contributed by atoms with van der Waals surface area (Å²) in [6.07, 6.45) is 0.506. The molecule has 0 bridgehead atoms. The third kappa shape index (κ3) is 4.45. The van der Waals surface area contributed by atoms with Crippen molar-refractivity contribution in [2.45, 2.75) is 13.0 Å². The molecule has 1 heterocycles. The number of rotatable bonds is 8. The van der Waals surface area contributed by atoms with E-state index in [-0.39, 0.29) is 12.0 Å². The van der Waals surface area contributed by atoms with Crippen molar-refractivity contribution >= 4 is 29.7 Å². The Labute approximate surface area is 141 Å². The molecule has 1 atom stereocenters. The molecule has 24 heavy (non-hydrogen) atoms. The van der Waals surface area contributed by atoms with Crippen molar-refractivity contribution in [3.05, 3.63) is 24.3 Å². The number of benzene rings is 1. The molecule has 1 aliphatic rings. The molecule has 0 spiro atoms. The lowest BCUT2D eigenvalue weighted by Crippen LogP contribution is -2.33. The molecule has 2 amide bonds. The van der Waals surface area contributed by atoms with E-state index in [1.54, 1.807) is 4.90 Å². The zero-order chi connectivity index (χ0) is 17.5. The number of nitrogens with one attached hydrogen (secondary N) is 3. The average Bonchev–Trinajstić information content (AvgIpc) is 2.95. The lowest BCUT2D eigenvalue weighted by atomic mass is 10.2. The van der Waals surface area contributed by atoms with Gasteiger partial charge in [0.1, 0.15) is 6.10 Å². The molecule has 1 aliphatic heterocycles. The van der Waals surface area contributed by atoms with Gasteiger partial charge in [-0.1, -0.05) is 0 Å². The summed E-state index contributed by atoms with van der Waals surface area (Å²) in [6.45, 7) is 3.58. The van der Waals surface area contributed by atoms with Gasteiger partial charge in [-0.05, 0) is 31.3 Å². The molecule has 1 fully saturated rings. The van der Waals surface area contributed by atoms with E-state index in [4.69, 9.17) is 10.1 Å². The summed E-state index contributed by atoms with van der Waals surface area (Å²) in [5.41, 5.74) is 1.61. The quantitative estimate of drug-likeness (QED) is 0.482. The van der Waals surface area contributed by atoms with Crippen molar-refractivity contribution in [3.63, 3.8) is 0 Å². The smallest absolute Gasteiger partial charge is 0.414 e. The highest BCUT2D eigenvalue weighted by Gasteiger charge is 2.32. The van der Waals surface area contributed by atoms with Crippen LogP contribution in [0.15, 0.2) is 24.3 Å². The van der Waals surface area contributed by atoms with Crippen LogP contribution in [0.2, 0.25) is 0 Å². The standard InChI is InChI=1S/C16H23N5O3/c1-12(22)19-9-15-10-21(16(23)24-15)14-5-3-13(4-6-14)20(11-17)8-7-18-2/h3-6,11,15,17-18H,7-10H2,1-2H3,(H,19,22). The highest BCUT2D eigenvalue weighted by Crippen LogP contribution is 2.24. The summed E-state index contributed by atoms with van der Waals surface area (Å²) in [7, 11) is 1.86. The second kappa shape index (κ2) is 8.30. The van der Waals surface area contributed by atoms with E-state index in [1.165, 1.54) is 13.3 Å². The van der Waals surface area contributed by atoms with Crippen molar-refractivity contribution < 1.29 is 14.3 Å². The van der Waals surface area contributed by atoms with Gasteiger partial charge < -0.3 is 20.3 Å². The van der Waals surface area contributed by atoms with E-state index < -0.39 is 6.09 Å². The molecule has 0 aromatic heterocycles. The molecule has 8 heteroatoms. The largest absolute Gasteiger partial charge is 0.442 e. The number of likely N-dealkylation sites (N-methyl/N-ethyl adjacent to an activating group) is 1. The Balaban J connectivity index is 2.01. The minimum Gasteiger partial charge on any atom is -0.442 e. The van der Waals surface area contributed by atoms with Gasteiger partial charge in [-0.2, -0.15) is 0 Å². The van der Waals surface area contributed by atoms with Gasteiger partial charge in [-0.3, -0.25) is 15.1 Å². The molecule has 3 N–H and O–H groups in total. The zero-order valence-corrected chi connectivity index (χ0v) is 13.9. The Morgan fingerprint density at radius 2 is 2.17 bits per heavy atom. The van der Waals surface area contributed by atoms with Crippen LogP contribution in [0.5, 0.6) is 0 Å². The van der Waals surface area contributed by atoms with E-state index in [9.17, 15) is 9.59 Å².